The highest BCUT2D eigenvalue weighted by atomic mass is 16.6. The van der Waals surface area contributed by atoms with E-state index in [1.807, 2.05) is 19.1 Å². The van der Waals surface area contributed by atoms with Crippen LogP contribution >= 0.6 is 0 Å². The van der Waals surface area contributed by atoms with Gasteiger partial charge in [-0.15, -0.1) is 0 Å². The average molecular weight is 576 g/mol. The number of aromatic nitrogens is 4. The molecule has 42 heavy (non-hydrogen) atoms. The minimum absolute atomic E-state index is 0.0837. The third kappa shape index (κ3) is 5.87. The van der Waals surface area contributed by atoms with Gasteiger partial charge in [-0.2, -0.15) is 0 Å². The van der Waals surface area contributed by atoms with Crippen LogP contribution in [0.4, 0.5) is 10.6 Å². The molecule has 3 aromatic rings. The number of piperidine rings is 1. The van der Waals surface area contributed by atoms with E-state index in [1.54, 1.807) is 17.0 Å². The first-order valence-corrected chi connectivity index (χ1v) is 14.1. The van der Waals surface area contributed by atoms with Crippen LogP contribution < -0.4 is 15.8 Å². The van der Waals surface area contributed by atoms with Crippen molar-refractivity contribution >= 4 is 29.0 Å². The van der Waals surface area contributed by atoms with Crippen LogP contribution in [0.25, 0.3) is 11.2 Å². The molecule has 4 atom stereocenters. The van der Waals surface area contributed by atoms with Gasteiger partial charge in [0.2, 0.25) is 5.82 Å². The summed E-state index contributed by atoms with van der Waals surface area (Å²) in [5.41, 5.74) is 7.79. The fourth-order valence-electron chi connectivity index (χ4n) is 5.16. The van der Waals surface area contributed by atoms with Crippen LogP contribution in [0, 0.1) is 24.7 Å². The quantitative estimate of drug-likeness (QED) is 0.324. The van der Waals surface area contributed by atoms with Crippen molar-refractivity contribution in [2.24, 2.45) is 5.92 Å². The van der Waals surface area contributed by atoms with E-state index in [4.69, 9.17) is 15.2 Å². The number of rotatable bonds is 5. The van der Waals surface area contributed by atoms with Crippen molar-refractivity contribution < 1.29 is 29.3 Å². The first-order chi connectivity index (χ1) is 20.3. The van der Waals surface area contributed by atoms with Gasteiger partial charge in [0.15, 0.2) is 23.8 Å². The highest BCUT2D eigenvalue weighted by Gasteiger charge is 2.48. The first kappa shape index (κ1) is 27.9. The summed E-state index contributed by atoms with van der Waals surface area (Å²) in [6.45, 7) is 3.14. The molecule has 220 valence electrons. The van der Waals surface area contributed by atoms with Crippen molar-refractivity contribution in [1.29, 1.82) is 0 Å². The second kappa shape index (κ2) is 11.6. The molecule has 13 nitrogen and oxygen atoms in total. The normalized spacial score (nSPS) is 24.3. The second-order valence-electron chi connectivity index (χ2n) is 11.1. The fraction of sp³-hybridized carbons (Fsp3) is 0.483. The summed E-state index contributed by atoms with van der Waals surface area (Å²) in [4.78, 5) is 39.7. The van der Waals surface area contributed by atoms with Gasteiger partial charge >= 0.3 is 6.09 Å². The van der Waals surface area contributed by atoms with Gasteiger partial charge in [0.05, 0.1) is 6.33 Å². The smallest absolute Gasteiger partial charge is 0.410 e. The summed E-state index contributed by atoms with van der Waals surface area (Å²) < 4.78 is 12.7. The van der Waals surface area contributed by atoms with Crippen LogP contribution in [0.3, 0.4) is 0 Å². The summed E-state index contributed by atoms with van der Waals surface area (Å²) in [5, 5.41) is 24.0. The van der Waals surface area contributed by atoms with Crippen molar-refractivity contribution in [3.05, 3.63) is 42.0 Å². The van der Waals surface area contributed by atoms with Gasteiger partial charge < -0.3 is 35.6 Å². The number of aryl methyl sites for hydroxylation is 1. The van der Waals surface area contributed by atoms with Gasteiger partial charge in [-0.25, -0.2) is 19.7 Å². The molecule has 2 aromatic heterocycles. The Morgan fingerprint density at radius 3 is 2.57 bits per heavy atom. The van der Waals surface area contributed by atoms with Crippen molar-refractivity contribution in [3.8, 4) is 17.6 Å². The lowest BCUT2D eigenvalue weighted by atomic mass is 9.94. The third-order valence-electron chi connectivity index (χ3n) is 7.83. The number of hydrogen-bond acceptors (Lipinski definition) is 10. The molecule has 0 radical (unpaired) electrons. The van der Waals surface area contributed by atoms with Crippen LogP contribution in [0.15, 0.2) is 30.6 Å². The first-order valence-electron chi connectivity index (χ1n) is 14.1. The Bertz CT molecular complexity index is 1540. The van der Waals surface area contributed by atoms with Crippen molar-refractivity contribution in [1.82, 2.24) is 29.7 Å². The molecule has 2 amide bonds. The molecule has 1 unspecified atom stereocenters. The van der Waals surface area contributed by atoms with Crippen molar-refractivity contribution in [3.63, 3.8) is 0 Å². The molecule has 2 aliphatic heterocycles. The number of aliphatic hydroxyl groups is 2. The number of nitrogens with one attached hydrogen (secondary N) is 1. The molecule has 3 fully saturated rings. The number of fused-ring (bicyclic) bond motifs is 1. The highest BCUT2D eigenvalue weighted by Crippen LogP contribution is 2.33. The van der Waals surface area contributed by atoms with E-state index >= 15 is 0 Å². The van der Waals surface area contributed by atoms with Crippen LogP contribution in [0.1, 0.15) is 49.7 Å². The minimum atomic E-state index is -1.42. The number of nitrogens with zero attached hydrogens (tertiary/aromatic N) is 5. The van der Waals surface area contributed by atoms with E-state index in [0.29, 0.717) is 36.7 Å². The number of amides is 2. The maximum absolute atomic E-state index is 12.5. The summed E-state index contributed by atoms with van der Waals surface area (Å²) in [6, 6.07) is 7.45. The van der Waals surface area contributed by atoms with Gasteiger partial charge in [0.1, 0.15) is 23.5 Å². The van der Waals surface area contributed by atoms with Crippen LogP contribution in [0.2, 0.25) is 0 Å². The molecule has 3 aliphatic rings. The Hall–Kier alpha value is -4.25. The zero-order chi connectivity index (χ0) is 29.4. The molecule has 0 bridgehead atoms. The summed E-state index contributed by atoms with van der Waals surface area (Å²) >= 11 is 0. The molecule has 2 saturated heterocycles. The molecule has 4 heterocycles. The Labute approximate surface area is 242 Å². The summed E-state index contributed by atoms with van der Waals surface area (Å²) in [5.74, 6) is 6.74. The van der Waals surface area contributed by atoms with Gasteiger partial charge in [0.25, 0.3) is 5.91 Å². The predicted molar refractivity (Wildman–Crippen MR) is 150 cm³/mol. The van der Waals surface area contributed by atoms with Crippen molar-refractivity contribution in [2.75, 3.05) is 18.8 Å². The molecule has 1 saturated carbocycles. The fourth-order valence-corrected chi connectivity index (χ4v) is 5.16. The van der Waals surface area contributed by atoms with Crippen LogP contribution in [-0.4, -0.2) is 84.1 Å². The van der Waals surface area contributed by atoms with E-state index in [1.165, 1.54) is 10.9 Å². The third-order valence-corrected chi connectivity index (χ3v) is 7.83. The monoisotopic (exact) mass is 575 g/mol. The van der Waals surface area contributed by atoms with E-state index in [9.17, 15) is 19.8 Å². The molecular weight excluding hydrogens is 542 g/mol. The predicted octanol–water partition coefficient (Wildman–Crippen LogP) is 1.27. The van der Waals surface area contributed by atoms with Gasteiger partial charge in [-0.3, -0.25) is 9.36 Å². The molecule has 0 spiro atoms. The Kier molecular flexibility index (Phi) is 7.68. The molecule has 6 rings (SSSR count). The minimum Gasteiger partial charge on any atom is -0.410 e. The van der Waals surface area contributed by atoms with Gasteiger partial charge in [-0.1, -0.05) is 23.6 Å². The maximum Gasteiger partial charge on any atom is 0.415 e. The largest absolute Gasteiger partial charge is 0.415 e. The number of imidazole rings is 1. The Balaban J connectivity index is 1.08. The van der Waals surface area contributed by atoms with Crippen LogP contribution in [0.5, 0.6) is 5.75 Å². The number of aliphatic hydroxyl groups excluding tert-OH is 2. The lowest BCUT2D eigenvalue weighted by Gasteiger charge is -2.30. The topological polar surface area (TPSA) is 178 Å². The number of nitrogens with two attached hydrogens (primary N) is 1. The number of carbonyl (C=O) groups excluding carboxylic acids is 2. The van der Waals surface area contributed by atoms with Gasteiger partial charge in [-0.05, 0) is 56.6 Å². The molecular formula is C29H33N7O6. The standard InChI is InChI=1S/C29H33N7O6/c1-16-5-9-19(10-6-16)41-29(40)35-13-11-17(12-14-35)3-2-4-20-33-25(30)21-26(34-20)36(15-31-21)28-23(38)22(37)24(42-28)27(39)32-18-7-8-18/h5-6,9-10,15,17-18,22-24,28,37-38H,3,7-8,11-14H2,1H3,(H,32,39)(H2,30,33,34)/t22-,23?,24+,28-/m1/s1. The maximum atomic E-state index is 12.5. The molecule has 5 N–H and O–H groups in total. The van der Waals surface area contributed by atoms with E-state index in [2.05, 4.69) is 32.1 Å². The number of benzene rings is 1. The molecule has 1 aliphatic carbocycles. The average Bonchev–Trinajstić information content (AvgIpc) is 3.61. The van der Waals surface area contributed by atoms with Crippen molar-refractivity contribution in [2.45, 2.75) is 69.6 Å². The number of nitrogen functional groups attached to an aromatic ring is 1. The van der Waals surface area contributed by atoms with E-state index in [0.717, 1.165) is 31.2 Å². The Morgan fingerprint density at radius 1 is 1.12 bits per heavy atom. The molecule has 13 heteroatoms. The number of ether oxygens (including phenoxy) is 2. The SMILES string of the molecule is Cc1ccc(OC(=O)N2CCC(CC#Cc3nc(N)c4ncn([C@@H]5O[C@H](C(=O)NC6CC6)[C@H](O)C5O)c4n3)CC2)cc1. The summed E-state index contributed by atoms with van der Waals surface area (Å²) in [7, 11) is 0. The molecule has 1 aromatic carbocycles. The number of anilines is 1. The van der Waals surface area contributed by atoms with E-state index < -0.39 is 30.4 Å². The van der Waals surface area contributed by atoms with Crippen LogP contribution in [-0.2, 0) is 9.53 Å². The number of carbonyl (C=O) groups is 2. The zero-order valence-corrected chi connectivity index (χ0v) is 23.1. The zero-order valence-electron chi connectivity index (χ0n) is 23.1. The second-order valence-corrected chi connectivity index (χ2v) is 11.1. The summed E-state index contributed by atoms with van der Waals surface area (Å²) in [6.07, 6.45) is -0.149. The highest BCUT2D eigenvalue weighted by molar-refractivity contribution is 5.83. The lowest BCUT2D eigenvalue weighted by molar-refractivity contribution is -0.137. The Morgan fingerprint density at radius 2 is 1.86 bits per heavy atom. The number of hydrogen-bond donors (Lipinski definition) is 4. The van der Waals surface area contributed by atoms with Gasteiger partial charge in [0, 0.05) is 25.6 Å². The van der Waals surface area contributed by atoms with E-state index in [-0.39, 0.29) is 29.4 Å². The number of likely N-dealkylation sites (tertiary alicyclic amines) is 1. The lowest BCUT2D eigenvalue weighted by Crippen LogP contribution is -2.43.